The Morgan fingerprint density at radius 1 is 1.00 bits per heavy atom. The van der Waals surface area contributed by atoms with E-state index in [1.54, 1.807) is 0 Å². The van der Waals surface area contributed by atoms with E-state index >= 15 is 0 Å². The minimum Gasteiger partial charge on any atom is -0.421 e. The first-order valence-electron chi connectivity index (χ1n) is 8.60. The van der Waals surface area contributed by atoms with E-state index in [0.717, 1.165) is 17.6 Å². The lowest BCUT2D eigenvalue weighted by atomic mass is 10.0. The second kappa shape index (κ2) is 10.6. The quantitative estimate of drug-likeness (QED) is 0.375. The first-order valence-corrected chi connectivity index (χ1v) is 8.60. The van der Waals surface area contributed by atoms with Gasteiger partial charge in [0.15, 0.2) is 0 Å². The molecule has 0 heterocycles. The highest BCUT2D eigenvalue weighted by molar-refractivity contribution is 5.69. The zero-order valence-corrected chi connectivity index (χ0v) is 15.1. The molecule has 0 N–H and O–H groups in total. The lowest BCUT2D eigenvalue weighted by Gasteiger charge is -2.19. The average molecular weight is 332 g/mol. The van der Waals surface area contributed by atoms with Gasteiger partial charge in [0, 0.05) is 19.4 Å². The van der Waals surface area contributed by atoms with E-state index in [4.69, 9.17) is 9.47 Å². The third-order valence-corrected chi connectivity index (χ3v) is 3.66. The number of rotatable bonds is 9. The summed E-state index contributed by atoms with van der Waals surface area (Å²) in [6.07, 6.45) is 6.31. The van der Waals surface area contributed by atoms with Crippen molar-refractivity contribution in [3.63, 3.8) is 0 Å². The van der Waals surface area contributed by atoms with Crippen LogP contribution in [0.2, 0.25) is 0 Å². The van der Waals surface area contributed by atoms with Crippen LogP contribution in [0.1, 0.15) is 64.5 Å². The van der Waals surface area contributed by atoms with Crippen molar-refractivity contribution in [3.05, 3.63) is 41.0 Å². The Balaban J connectivity index is 2.87. The first kappa shape index (κ1) is 19.9. The topological polar surface area (TPSA) is 52.6 Å². The number of ether oxygens (including phenoxy) is 2. The van der Waals surface area contributed by atoms with E-state index < -0.39 is 18.2 Å². The standard InChI is InChI=1S/C20H28O4/c1-5-7-8-9-17-10-12-18(13-11-17)14-19(6-2)20(23-15(3)21)24-16(4)22/h10-14,20H,5-9H2,1-4H3. The minimum atomic E-state index is -0.964. The van der Waals surface area contributed by atoms with Crippen LogP contribution in [0.25, 0.3) is 6.08 Å². The van der Waals surface area contributed by atoms with Crippen molar-refractivity contribution < 1.29 is 19.1 Å². The van der Waals surface area contributed by atoms with E-state index in [2.05, 4.69) is 19.1 Å². The molecule has 1 aromatic carbocycles. The summed E-state index contributed by atoms with van der Waals surface area (Å²) in [7, 11) is 0. The molecular weight excluding hydrogens is 304 g/mol. The molecule has 0 aliphatic carbocycles. The Hall–Kier alpha value is -2.10. The minimum absolute atomic E-state index is 0.480. The number of benzene rings is 1. The largest absolute Gasteiger partial charge is 0.421 e. The molecule has 0 saturated carbocycles. The van der Waals surface area contributed by atoms with E-state index in [-0.39, 0.29) is 0 Å². The molecule has 0 aliphatic rings. The Kier molecular flexibility index (Phi) is 8.84. The molecule has 4 nitrogen and oxygen atoms in total. The second-order valence-corrected chi connectivity index (χ2v) is 5.82. The zero-order chi connectivity index (χ0) is 17.9. The second-order valence-electron chi connectivity index (χ2n) is 5.82. The van der Waals surface area contributed by atoms with Gasteiger partial charge in [-0.1, -0.05) is 51.0 Å². The van der Waals surface area contributed by atoms with Crippen LogP contribution in [-0.2, 0) is 25.5 Å². The molecule has 0 aliphatic heterocycles. The number of aryl methyl sites for hydroxylation is 1. The van der Waals surface area contributed by atoms with Gasteiger partial charge in [-0.25, -0.2) is 0 Å². The third kappa shape index (κ3) is 7.44. The number of unbranched alkanes of at least 4 members (excludes halogenated alkanes) is 2. The normalized spacial score (nSPS) is 11.5. The third-order valence-electron chi connectivity index (χ3n) is 3.66. The van der Waals surface area contributed by atoms with Crippen molar-refractivity contribution in [2.45, 2.75) is 66.1 Å². The molecular formula is C20H28O4. The summed E-state index contributed by atoms with van der Waals surface area (Å²) in [5, 5.41) is 0. The molecule has 0 atom stereocenters. The number of esters is 2. The number of carbonyl (C=O) groups is 2. The molecule has 24 heavy (non-hydrogen) atoms. The zero-order valence-electron chi connectivity index (χ0n) is 15.1. The van der Waals surface area contributed by atoms with Crippen LogP contribution in [0.5, 0.6) is 0 Å². The van der Waals surface area contributed by atoms with Gasteiger partial charge in [0.25, 0.3) is 6.29 Å². The van der Waals surface area contributed by atoms with Gasteiger partial charge in [0.1, 0.15) is 0 Å². The predicted octanol–water partition coefficient (Wildman–Crippen LogP) is 4.67. The maximum Gasteiger partial charge on any atom is 0.305 e. The van der Waals surface area contributed by atoms with Crippen molar-refractivity contribution in [2.75, 3.05) is 0 Å². The molecule has 0 radical (unpaired) electrons. The molecule has 0 aromatic heterocycles. The predicted molar refractivity (Wildman–Crippen MR) is 95.3 cm³/mol. The van der Waals surface area contributed by atoms with Crippen molar-refractivity contribution in [2.24, 2.45) is 0 Å². The molecule has 0 saturated heterocycles. The van der Waals surface area contributed by atoms with Crippen molar-refractivity contribution in [1.82, 2.24) is 0 Å². The fourth-order valence-electron chi connectivity index (χ4n) is 2.39. The summed E-state index contributed by atoms with van der Waals surface area (Å²) in [5.74, 6) is -0.959. The molecule has 0 amide bonds. The molecule has 0 unspecified atom stereocenters. The lowest BCUT2D eigenvalue weighted by molar-refractivity contribution is -0.178. The van der Waals surface area contributed by atoms with Gasteiger partial charge >= 0.3 is 11.9 Å². The van der Waals surface area contributed by atoms with E-state index in [1.807, 2.05) is 25.1 Å². The molecule has 4 heteroatoms. The smallest absolute Gasteiger partial charge is 0.305 e. The summed E-state index contributed by atoms with van der Waals surface area (Å²) < 4.78 is 10.3. The summed E-state index contributed by atoms with van der Waals surface area (Å²) in [5.41, 5.74) is 3.06. The van der Waals surface area contributed by atoms with Crippen molar-refractivity contribution >= 4 is 18.0 Å². The molecule has 0 fully saturated rings. The fraction of sp³-hybridized carbons (Fsp3) is 0.500. The van der Waals surface area contributed by atoms with Gasteiger partial charge in [0.2, 0.25) is 0 Å². The van der Waals surface area contributed by atoms with Crippen LogP contribution in [0, 0.1) is 0 Å². The summed E-state index contributed by atoms with van der Waals surface area (Å²) in [4.78, 5) is 22.5. The first-order chi connectivity index (χ1) is 11.5. The maximum absolute atomic E-state index is 11.2. The van der Waals surface area contributed by atoms with Crippen LogP contribution >= 0.6 is 0 Å². The van der Waals surface area contributed by atoms with E-state index in [0.29, 0.717) is 6.42 Å². The van der Waals surface area contributed by atoms with Gasteiger partial charge < -0.3 is 9.47 Å². The van der Waals surface area contributed by atoms with Gasteiger partial charge in [-0.3, -0.25) is 9.59 Å². The highest BCUT2D eigenvalue weighted by Gasteiger charge is 2.19. The Bertz CT molecular complexity index is 542. The van der Waals surface area contributed by atoms with Crippen LogP contribution in [0.3, 0.4) is 0 Å². The Morgan fingerprint density at radius 2 is 1.58 bits per heavy atom. The van der Waals surface area contributed by atoms with Gasteiger partial charge in [0.05, 0.1) is 0 Å². The van der Waals surface area contributed by atoms with Crippen LogP contribution < -0.4 is 0 Å². The Morgan fingerprint density at radius 3 is 2.04 bits per heavy atom. The SMILES string of the molecule is CCCCCc1ccc(C=C(CC)C(OC(C)=O)OC(C)=O)cc1. The maximum atomic E-state index is 11.2. The summed E-state index contributed by atoms with van der Waals surface area (Å²) in [6.45, 7) is 6.73. The molecule has 0 spiro atoms. The van der Waals surface area contributed by atoms with Crippen LogP contribution in [0.4, 0.5) is 0 Å². The Labute approximate surface area is 144 Å². The van der Waals surface area contributed by atoms with Crippen molar-refractivity contribution in [3.8, 4) is 0 Å². The highest BCUT2D eigenvalue weighted by Crippen LogP contribution is 2.19. The number of hydrogen-bond donors (Lipinski definition) is 0. The van der Waals surface area contributed by atoms with Gasteiger partial charge in [-0.15, -0.1) is 0 Å². The molecule has 1 aromatic rings. The van der Waals surface area contributed by atoms with Crippen LogP contribution in [-0.4, -0.2) is 18.2 Å². The number of hydrogen-bond acceptors (Lipinski definition) is 4. The van der Waals surface area contributed by atoms with Gasteiger partial charge in [-0.2, -0.15) is 0 Å². The molecule has 1 rings (SSSR count). The fourth-order valence-corrected chi connectivity index (χ4v) is 2.39. The van der Waals surface area contributed by atoms with Gasteiger partial charge in [-0.05, 0) is 36.5 Å². The van der Waals surface area contributed by atoms with Crippen LogP contribution in [0.15, 0.2) is 29.8 Å². The monoisotopic (exact) mass is 332 g/mol. The van der Waals surface area contributed by atoms with E-state index in [9.17, 15) is 9.59 Å². The molecule has 0 bridgehead atoms. The highest BCUT2D eigenvalue weighted by atomic mass is 16.7. The van der Waals surface area contributed by atoms with Crippen molar-refractivity contribution in [1.29, 1.82) is 0 Å². The summed E-state index contributed by atoms with van der Waals surface area (Å²) in [6, 6.07) is 8.30. The molecule has 132 valence electrons. The number of carbonyl (C=O) groups excluding carboxylic acids is 2. The summed E-state index contributed by atoms with van der Waals surface area (Å²) >= 11 is 0. The lowest BCUT2D eigenvalue weighted by Crippen LogP contribution is -2.24. The van der Waals surface area contributed by atoms with E-state index in [1.165, 1.54) is 38.7 Å². The average Bonchev–Trinajstić information content (AvgIpc) is 2.52.